The highest BCUT2D eigenvalue weighted by atomic mass is 16.3. The van der Waals surface area contributed by atoms with Gasteiger partial charge in [-0.15, -0.1) is 0 Å². The van der Waals surface area contributed by atoms with Gasteiger partial charge < -0.3 is 15.1 Å². The maximum atomic E-state index is 13.0. The molecule has 1 heterocycles. The number of carbonyl (C=O) groups excluding carboxylic acids is 2. The van der Waals surface area contributed by atoms with E-state index in [0.29, 0.717) is 6.42 Å². The van der Waals surface area contributed by atoms with Crippen molar-refractivity contribution in [3.05, 3.63) is 84.1 Å². The summed E-state index contributed by atoms with van der Waals surface area (Å²) in [5.41, 5.74) is 2.60. The smallest absolute Gasteiger partial charge is 0.243 e. The van der Waals surface area contributed by atoms with E-state index in [2.05, 4.69) is 10.6 Å². The average Bonchev–Trinajstić information content (AvgIpc) is 3.51. The standard InChI is InChI=1S/C26H24N2O3/c29-24(15-19-16-31-23-13-10-18-8-4-5-9-21(18)25(19)23)28-22(26(30)27-20-11-12-20)14-17-6-2-1-3-7-17/h1-10,13,16,20,22H,11-12,14-15H2,(H,27,30)(H,28,29). The number of furan rings is 1. The first-order valence-corrected chi connectivity index (χ1v) is 10.7. The normalized spacial score (nSPS) is 14.5. The molecule has 1 atom stereocenters. The predicted octanol–water partition coefficient (Wildman–Crippen LogP) is 4.13. The molecule has 1 aromatic heterocycles. The number of rotatable bonds is 7. The van der Waals surface area contributed by atoms with Crippen LogP contribution < -0.4 is 10.6 Å². The van der Waals surface area contributed by atoms with Crippen LogP contribution in [0.3, 0.4) is 0 Å². The van der Waals surface area contributed by atoms with Gasteiger partial charge in [0.05, 0.1) is 12.7 Å². The van der Waals surface area contributed by atoms with E-state index < -0.39 is 6.04 Å². The fraction of sp³-hybridized carbons (Fsp3) is 0.231. The fourth-order valence-electron chi connectivity index (χ4n) is 4.01. The van der Waals surface area contributed by atoms with E-state index in [0.717, 1.165) is 45.7 Å². The Morgan fingerprint density at radius 2 is 1.74 bits per heavy atom. The minimum atomic E-state index is -0.606. The molecule has 1 unspecified atom stereocenters. The first-order valence-electron chi connectivity index (χ1n) is 10.7. The van der Waals surface area contributed by atoms with E-state index in [1.807, 2.05) is 66.7 Å². The van der Waals surface area contributed by atoms with Crippen LogP contribution in [0.15, 0.2) is 77.4 Å². The number of amides is 2. The van der Waals surface area contributed by atoms with E-state index in [1.165, 1.54) is 0 Å². The van der Waals surface area contributed by atoms with Crippen molar-refractivity contribution in [1.29, 1.82) is 0 Å². The van der Waals surface area contributed by atoms with Crippen molar-refractivity contribution >= 4 is 33.6 Å². The Bertz CT molecular complexity index is 1240. The van der Waals surface area contributed by atoms with Crippen molar-refractivity contribution in [2.75, 3.05) is 0 Å². The van der Waals surface area contributed by atoms with Gasteiger partial charge in [0.25, 0.3) is 0 Å². The van der Waals surface area contributed by atoms with Gasteiger partial charge in [0.1, 0.15) is 11.6 Å². The van der Waals surface area contributed by atoms with Gasteiger partial charge in [-0.05, 0) is 35.2 Å². The number of hydrogen-bond acceptors (Lipinski definition) is 3. The molecule has 1 saturated carbocycles. The van der Waals surface area contributed by atoms with Gasteiger partial charge in [0.15, 0.2) is 0 Å². The van der Waals surface area contributed by atoms with Gasteiger partial charge in [-0.2, -0.15) is 0 Å². The molecule has 0 aliphatic heterocycles. The Balaban J connectivity index is 1.37. The zero-order valence-corrected chi connectivity index (χ0v) is 17.1. The lowest BCUT2D eigenvalue weighted by atomic mass is 10.0. The Morgan fingerprint density at radius 1 is 0.968 bits per heavy atom. The third kappa shape index (κ3) is 4.31. The molecular formula is C26H24N2O3. The topological polar surface area (TPSA) is 71.3 Å². The molecule has 5 heteroatoms. The molecule has 0 bridgehead atoms. The molecular weight excluding hydrogens is 388 g/mol. The number of carbonyl (C=O) groups is 2. The van der Waals surface area contributed by atoms with Crippen molar-refractivity contribution in [1.82, 2.24) is 10.6 Å². The molecule has 0 saturated heterocycles. The van der Waals surface area contributed by atoms with Crippen LogP contribution in [0.25, 0.3) is 21.7 Å². The Morgan fingerprint density at radius 3 is 2.55 bits per heavy atom. The summed E-state index contributed by atoms with van der Waals surface area (Å²) in [6, 6.07) is 21.4. The lowest BCUT2D eigenvalue weighted by molar-refractivity contribution is -0.128. The van der Waals surface area contributed by atoms with Crippen molar-refractivity contribution in [3.63, 3.8) is 0 Å². The van der Waals surface area contributed by atoms with Crippen LogP contribution in [-0.2, 0) is 22.4 Å². The second-order valence-electron chi connectivity index (χ2n) is 8.19. The maximum absolute atomic E-state index is 13.0. The number of nitrogens with one attached hydrogen (secondary N) is 2. The van der Waals surface area contributed by atoms with Crippen LogP contribution in [0.5, 0.6) is 0 Å². The molecule has 1 aliphatic rings. The summed E-state index contributed by atoms with van der Waals surface area (Å²) in [6.45, 7) is 0. The van der Waals surface area contributed by atoms with Gasteiger partial charge in [-0.25, -0.2) is 0 Å². The zero-order valence-electron chi connectivity index (χ0n) is 17.1. The summed E-state index contributed by atoms with van der Waals surface area (Å²) in [5.74, 6) is -0.315. The van der Waals surface area contributed by atoms with Crippen LogP contribution in [0.4, 0.5) is 0 Å². The summed E-state index contributed by atoms with van der Waals surface area (Å²) in [7, 11) is 0. The third-order valence-corrected chi connectivity index (χ3v) is 5.75. The van der Waals surface area contributed by atoms with Crippen LogP contribution in [0.2, 0.25) is 0 Å². The molecule has 0 radical (unpaired) electrons. The zero-order chi connectivity index (χ0) is 21.2. The van der Waals surface area contributed by atoms with Crippen LogP contribution in [0.1, 0.15) is 24.0 Å². The second-order valence-corrected chi connectivity index (χ2v) is 8.19. The number of fused-ring (bicyclic) bond motifs is 3. The van der Waals surface area contributed by atoms with Crippen molar-refractivity contribution in [3.8, 4) is 0 Å². The largest absolute Gasteiger partial charge is 0.464 e. The van der Waals surface area contributed by atoms with Gasteiger partial charge in [0.2, 0.25) is 11.8 Å². The Hall–Kier alpha value is -3.60. The highest BCUT2D eigenvalue weighted by Crippen LogP contribution is 2.30. The van der Waals surface area contributed by atoms with E-state index in [9.17, 15) is 9.59 Å². The van der Waals surface area contributed by atoms with Crippen molar-refractivity contribution in [2.24, 2.45) is 0 Å². The molecule has 2 amide bonds. The van der Waals surface area contributed by atoms with E-state index in [-0.39, 0.29) is 24.3 Å². The highest BCUT2D eigenvalue weighted by molar-refractivity contribution is 6.08. The highest BCUT2D eigenvalue weighted by Gasteiger charge is 2.28. The summed E-state index contributed by atoms with van der Waals surface area (Å²) >= 11 is 0. The monoisotopic (exact) mass is 412 g/mol. The molecule has 2 N–H and O–H groups in total. The van der Waals surface area contributed by atoms with Gasteiger partial charge in [0, 0.05) is 23.4 Å². The Kier molecular flexibility index (Phi) is 5.16. The summed E-state index contributed by atoms with van der Waals surface area (Å²) < 4.78 is 5.71. The first-order chi connectivity index (χ1) is 15.2. The van der Waals surface area contributed by atoms with Gasteiger partial charge in [-0.3, -0.25) is 9.59 Å². The minimum Gasteiger partial charge on any atom is -0.464 e. The van der Waals surface area contributed by atoms with Gasteiger partial charge in [-0.1, -0.05) is 60.7 Å². The van der Waals surface area contributed by atoms with Crippen LogP contribution in [-0.4, -0.2) is 23.9 Å². The first kappa shape index (κ1) is 19.4. The minimum absolute atomic E-state index is 0.123. The Labute approximate surface area is 180 Å². The number of benzene rings is 3. The van der Waals surface area contributed by atoms with E-state index in [1.54, 1.807) is 6.26 Å². The quantitative estimate of drug-likeness (QED) is 0.479. The van der Waals surface area contributed by atoms with Crippen molar-refractivity contribution < 1.29 is 14.0 Å². The molecule has 1 aliphatic carbocycles. The van der Waals surface area contributed by atoms with Gasteiger partial charge >= 0.3 is 0 Å². The van der Waals surface area contributed by atoms with Crippen LogP contribution in [0, 0.1) is 0 Å². The van der Waals surface area contributed by atoms with Crippen LogP contribution >= 0.6 is 0 Å². The molecule has 5 rings (SSSR count). The molecule has 156 valence electrons. The third-order valence-electron chi connectivity index (χ3n) is 5.75. The molecule has 4 aromatic rings. The lowest BCUT2D eigenvalue weighted by Gasteiger charge is -2.18. The van der Waals surface area contributed by atoms with E-state index in [4.69, 9.17) is 4.42 Å². The summed E-state index contributed by atoms with van der Waals surface area (Å²) in [4.78, 5) is 25.7. The lowest BCUT2D eigenvalue weighted by Crippen LogP contribution is -2.49. The summed E-state index contributed by atoms with van der Waals surface area (Å²) in [5, 5.41) is 9.09. The molecule has 5 nitrogen and oxygen atoms in total. The molecule has 3 aromatic carbocycles. The predicted molar refractivity (Wildman–Crippen MR) is 121 cm³/mol. The SMILES string of the molecule is O=C(Cc1coc2ccc3ccccc3c12)NC(Cc1ccccc1)C(=O)NC1CC1. The fourth-order valence-corrected chi connectivity index (χ4v) is 4.01. The molecule has 31 heavy (non-hydrogen) atoms. The number of hydrogen-bond donors (Lipinski definition) is 2. The van der Waals surface area contributed by atoms with E-state index >= 15 is 0 Å². The maximum Gasteiger partial charge on any atom is 0.243 e. The molecule has 1 fully saturated rings. The second kappa shape index (κ2) is 8.26. The summed E-state index contributed by atoms with van der Waals surface area (Å²) in [6.07, 6.45) is 4.27. The van der Waals surface area contributed by atoms with Crippen molar-refractivity contribution in [2.45, 2.75) is 37.8 Å². The molecule has 0 spiro atoms. The average molecular weight is 412 g/mol.